The molecule has 1 saturated heterocycles. The van der Waals surface area contributed by atoms with E-state index in [4.69, 9.17) is 30.9 Å². The number of hydrogen-bond acceptors (Lipinski definition) is 7. The Morgan fingerprint density at radius 2 is 2.04 bits per heavy atom. The number of nitrogen functional groups attached to an aromatic ring is 1. The molecule has 3 heterocycles. The minimum Gasteiger partial charge on any atom is -0.382 e. The summed E-state index contributed by atoms with van der Waals surface area (Å²) in [6.45, 7) is 1.84. The maximum Gasteiger partial charge on any atom is 0.147 e. The van der Waals surface area contributed by atoms with Crippen molar-refractivity contribution in [2.75, 3.05) is 23.7 Å². The summed E-state index contributed by atoms with van der Waals surface area (Å²) in [6.07, 6.45) is 9.18. The number of rotatable bonds is 3. The van der Waals surface area contributed by atoms with Crippen molar-refractivity contribution < 1.29 is 0 Å². The van der Waals surface area contributed by atoms with E-state index >= 15 is 0 Å². The Labute approximate surface area is 169 Å². The second-order valence-corrected chi connectivity index (χ2v) is 8.82. The van der Waals surface area contributed by atoms with Gasteiger partial charge in [0, 0.05) is 35.8 Å². The van der Waals surface area contributed by atoms with Crippen molar-refractivity contribution >= 4 is 48.4 Å². The number of halogens is 1. The predicted molar refractivity (Wildman–Crippen MR) is 111 cm³/mol. The van der Waals surface area contributed by atoms with Crippen LogP contribution in [0.1, 0.15) is 32.1 Å². The van der Waals surface area contributed by atoms with E-state index in [1.54, 1.807) is 18.5 Å². The molecule has 0 aromatic carbocycles. The first-order valence-corrected chi connectivity index (χ1v) is 10.4. The fourth-order valence-electron chi connectivity index (χ4n) is 4.26. The quantitative estimate of drug-likeness (QED) is 0.762. The van der Waals surface area contributed by atoms with E-state index < -0.39 is 0 Å². The van der Waals surface area contributed by atoms with Crippen LogP contribution in [0.5, 0.6) is 0 Å². The molecule has 2 fully saturated rings. The van der Waals surface area contributed by atoms with Crippen LogP contribution in [0.15, 0.2) is 28.4 Å². The number of pyridine rings is 1. The van der Waals surface area contributed by atoms with Gasteiger partial charge in [0.1, 0.15) is 24.5 Å². The highest BCUT2D eigenvalue weighted by atomic mass is 35.5. The lowest BCUT2D eigenvalue weighted by molar-refractivity contribution is 0.197. The molecular formula is C18H22BClN6S. The van der Waals surface area contributed by atoms with Crippen molar-refractivity contribution in [3.05, 3.63) is 23.5 Å². The molecule has 140 valence electrons. The fourth-order valence-corrected chi connectivity index (χ4v) is 5.28. The summed E-state index contributed by atoms with van der Waals surface area (Å²) in [5.41, 5.74) is 12.9. The lowest BCUT2D eigenvalue weighted by Gasteiger charge is -2.42. The molecule has 27 heavy (non-hydrogen) atoms. The van der Waals surface area contributed by atoms with Crippen molar-refractivity contribution in [1.82, 2.24) is 15.0 Å². The molecule has 4 N–H and O–H groups in total. The van der Waals surface area contributed by atoms with Gasteiger partial charge in [-0.1, -0.05) is 29.8 Å². The zero-order valence-electron chi connectivity index (χ0n) is 15.1. The Kier molecular flexibility index (Phi) is 5.22. The third-order valence-electron chi connectivity index (χ3n) is 5.89. The zero-order valence-corrected chi connectivity index (χ0v) is 16.6. The second kappa shape index (κ2) is 7.49. The molecule has 2 aromatic rings. The molecular weight excluding hydrogens is 379 g/mol. The first-order valence-electron chi connectivity index (χ1n) is 9.19. The first kappa shape index (κ1) is 18.8. The average Bonchev–Trinajstić information content (AvgIpc) is 3.00. The molecule has 1 saturated carbocycles. The van der Waals surface area contributed by atoms with Crippen LogP contribution in [0.2, 0.25) is 5.02 Å². The maximum absolute atomic E-state index is 6.38. The highest BCUT2D eigenvalue weighted by molar-refractivity contribution is 7.99. The van der Waals surface area contributed by atoms with E-state index in [0.717, 1.165) is 43.1 Å². The SMILES string of the molecule is [B]c1nc(Sc2ccnc(N)c2Cl)cnc1N1CCC2(CCC[C@H]2N)CC1. The molecule has 9 heteroatoms. The molecule has 1 aliphatic carbocycles. The highest BCUT2D eigenvalue weighted by Gasteiger charge is 2.43. The number of piperidine rings is 1. The number of hydrogen-bond donors (Lipinski definition) is 2. The van der Waals surface area contributed by atoms with Gasteiger partial charge in [0.15, 0.2) is 0 Å². The molecule has 2 aliphatic rings. The molecule has 0 bridgehead atoms. The normalized spacial score (nSPS) is 21.7. The molecule has 1 spiro atoms. The smallest absolute Gasteiger partial charge is 0.147 e. The molecule has 2 radical (unpaired) electrons. The lowest BCUT2D eigenvalue weighted by atomic mass is 9.74. The highest BCUT2D eigenvalue weighted by Crippen LogP contribution is 2.45. The van der Waals surface area contributed by atoms with Crippen molar-refractivity contribution in [2.24, 2.45) is 11.1 Å². The van der Waals surface area contributed by atoms with Gasteiger partial charge < -0.3 is 16.4 Å². The third-order valence-corrected chi connectivity index (χ3v) is 7.36. The van der Waals surface area contributed by atoms with E-state index in [0.29, 0.717) is 32.9 Å². The Bertz CT molecular complexity index is 843. The summed E-state index contributed by atoms with van der Waals surface area (Å²) in [7, 11) is 6.22. The Hall–Kier alpha value is -1.51. The van der Waals surface area contributed by atoms with Gasteiger partial charge in [-0.3, -0.25) is 4.98 Å². The van der Waals surface area contributed by atoms with Crippen molar-refractivity contribution in [2.45, 2.75) is 48.1 Å². The summed E-state index contributed by atoms with van der Waals surface area (Å²) in [4.78, 5) is 16.1. The van der Waals surface area contributed by atoms with E-state index in [2.05, 4.69) is 19.9 Å². The average molecular weight is 401 g/mol. The van der Waals surface area contributed by atoms with Gasteiger partial charge in [-0.25, -0.2) is 9.97 Å². The minimum atomic E-state index is 0.298. The van der Waals surface area contributed by atoms with Crippen LogP contribution >= 0.6 is 23.4 Å². The third kappa shape index (κ3) is 3.62. The van der Waals surface area contributed by atoms with Crippen LogP contribution in [0.4, 0.5) is 11.6 Å². The maximum atomic E-state index is 6.38. The topological polar surface area (TPSA) is 93.9 Å². The molecule has 2 aromatic heterocycles. The van der Waals surface area contributed by atoms with Crippen molar-refractivity contribution in [1.29, 1.82) is 0 Å². The Morgan fingerprint density at radius 1 is 1.26 bits per heavy atom. The summed E-state index contributed by atoms with van der Waals surface area (Å²) in [6, 6.07) is 2.13. The summed E-state index contributed by atoms with van der Waals surface area (Å²) >= 11 is 7.57. The summed E-state index contributed by atoms with van der Waals surface area (Å²) in [5.74, 6) is 1.05. The van der Waals surface area contributed by atoms with Gasteiger partial charge in [-0.2, -0.15) is 0 Å². The minimum absolute atomic E-state index is 0.298. The monoisotopic (exact) mass is 400 g/mol. The first-order chi connectivity index (χ1) is 13.0. The molecule has 1 aliphatic heterocycles. The standard InChI is InChI=1S/C18H22BClN6S/c19-15-17(26-8-5-18(6-9-26)4-1-2-12(18)21)24-10-13(25-15)27-11-3-7-23-16(22)14(11)20/h3,7,10,12H,1-2,4-6,8-9,21H2,(H2,22,23)/t12-/m1/s1. The van der Waals surface area contributed by atoms with Crippen molar-refractivity contribution in [3.8, 4) is 0 Å². The van der Waals surface area contributed by atoms with Gasteiger partial charge in [0.25, 0.3) is 0 Å². The second-order valence-electron chi connectivity index (χ2n) is 7.38. The summed E-state index contributed by atoms with van der Waals surface area (Å²) < 4.78 is 0. The van der Waals surface area contributed by atoms with Crippen LogP contribution < -0.4 is 22.0 Å². The largest absolute Gasteiger partial charge is 0.382 e. The van der Waals surface area contributed by atoms with Crippen LogP contribution in [0.25, 0.3) is 0 Å². The van der Waals surface area contributed by atoms with Gasteiger partial charge in [0.2, 0.25) is 0 Å². The van der Waals surface area contributed by atoms with E-state index in [9.17, 15) is 0 Å². The predicted octanol–water partition coefficient (Wildman–Crippen LogP) is 2.15. The zero-order chi connectivity index (χ0) is 19.0. The molecule has 1 atom stereocenters. The lowest BCUT2D eigenvalue weighted by Crippen LogP contribution is -2.48. The number of aromatic nitrogens is 3. The van der Waals surface area contributed by atoms with Crippen molar-refractivity contribution in [3.63, 3.8) is 0 Å². The number of nitrogens with zero attached hydrogens (tertiary/aromatic N) is 4. The van der Waals surface area contributed by atoms with Gasteiger partial charge >= 0.3 is 0 Å². The van der Waals surface area contributed by atoms with Crippen LogP contribution in [0.3, 0.4) is 0 Å². The van der Waals surface area contributed by atoms with Gasteiger partial charge in [-0.05, 0) is 37.2 Å². The van der Waals surface area contributed by atoms with Crippen LogP contribution in [-0.4, -0.2) is 41.9 Å². The number of anilines is 2. The molecule has 0 unspecified atom stereocenters. The number of nitrogens with two attached hydrogens (primary N) is 2. The Morgan fingerprint density at radius 3 is 2.70 bits per heavy atom. The van der Waals surface area contributed by atoms with Crippen LogP contribution in [-0.2, 0) is 0 Å². The van der Waals surface area contributed by atoms with Crippen LogP contribution in [0, 0.1) is 5.41 Å². The molecule has 6 nitrogen and oxygen atoms in total. The van der Waals surface area contributed by atoms with E-state index in [1.807, 2.05) is 0 Å². The van der Waals surface area contributed by atoms with Gasteiger partial charge in [0.05, 0.1) is 11.2 Å². The van der Waals surface area contributed by atoms with Gasteiger partial charge in [-0.15, -0.1) is 0 Å². The fraction of sp³-hybridized carbons (Fsp3) is 0.500. The molecule has 0 amide bonds. The molecule has 4 rings (SSSR count). The van der Waals surface area contributed by atoms with E-state index in [1.165, 1.54) is 24.6 Å². The Balaban J connectivity index is 1.47. The van der Waals surface area contributed by atoms with E-state index in [-0.39, 0.29) is 0 Å². The summed E-state index contributed by atoms with van der Waals surface area (Å²) in [5, 5.41) is 1.09.